The predicted molar refractivity (Wildman–Crippen MR) is 107 cm³/mol. The molecule has 2 aromatic rings. The van der Waals surface area contributed by atoms with Crippen LogP contribution in [-0.4, -0.2) is 31.4 Å². The number of benzene rings is 1. The zero-order valence-corrected chi connectivity index (χ0v) is 16.8. The summed E-state index contributed by atoms with van der Waals surface area (Å²) in [5.74, 6) is -1.91. The Hall–Kier alpha value is -3.35. The van der Waals surface area contributed by atoms with Crippen molar-refractivity contribution in [3.05, 3.63) is 65.3 Å². The number of esters is 1. The fourth-order valence-electron chi connectivity index (χ4n) is 4.37. The van der Waals surface area contributed by atoms with Gasteiger partial charge >= 0.3 is 5.97 Å². The largest absolute Gasteiger partial charge is 0.497 e. The van der Waals surface area contributed by atoms with Crippen LogP contribution in [0.5, 0.6) is 5.75 Å². The van der Waals surface area contributed by atoms with Crippen molar-refractivity contribution in [1.82, 2.24) is 5.32 Å². The minimum absolute atomic E-state index is 0.124. The molecule has 1 aliphatic heterocycles. The molecule has 156 valence electrons. The smallest absolute Gasteiger partial charge is 0.317 e. The highest BCUT2D eigenvalue weighted by Gasteiger charge is 2.48. The summed E-state index contributed by atoms with van der Waals surface area (Å²) >= 11 is 0. The molecule has 0 unspecified atom stereocenters. The number of ketones is 1. The lowest BCUT2D eigenvalue weighted by Gasteiger charge is -2.37. The van der Waals surface area contributed by atoms with E-state index in [1.54, 1.807) is 32.2 Å². The van der Waals surface area contributed by atoms with Crippen LogP contribution in [0.3, 0.4) is 0 Å². The molecule has 2 aliphatic rings. The van der Waals surface area contributed by atoms with Crippen molar-refractivity contribution in [2.45, 2.75) is 31.6 Å². The van der Waals surface area contributed by atoms with E-state index in [0.717, 1.165) is 5.56 Å². The van der Waals surface area contributed by atoms with Crippen molar-refractivity contribution >= 4 is 17.7 Å². The van der Waals surface area contributed by atoms with Gasteiger partial charge in [-0.05, 0) is 43.2 Å². The summed E-state index contributed by atoms with van der Waals surface area (Å²) in [4.78, 5) is 38.9. The van der Waals surface area contributed by atoms with Gasteiger partial charge in [-0.25, -0.2) is 0 Å². The van der Waals surface area contributed by atoms with E-state index in [0.29, 0.717) is 29.2 Å². The maximum absolute atomic E-state index is 13.6. The first kappa shape index (κ1) is 19.9. The molecular formula is C23H23NO6. The van der Waals surface area contributed by atoms with Crippen LogP contribution in [-0.2, 0) is 19.1 Å². The number of nitrogens with one attached hydrogen (secondary N) is 1. The summed E-state index contributed by atoms with van der Waals surface area (Å²) < 4.78 is 16.0. The monoisotopic (exact) mass is 409 g/mol. The van der Waals surface area contributed by atoms with E-state index >= 15 is 0 Å². The SMILES string of the molecule is CCOC(=O)[C@H]1C(=O)C2=C(C[C@@H]1c1ccco1)NC(=O)C[C@@H]2c1cccc(OC)c1. The highest BCUT2D eigenvalue weighted by molar-refractivity contribution is 6.12. The van der Waals surface area contributed by atoms with Gasteiger partial charge in [0, 0.05) is 29.5 Å². The number of carbonyl (C=O) groups is 3. The van der Waals surface area contributed by atoms with Gasteiger partial charge in [0.2, 0.25) is 5.91 Å². The average molecular weight is 409 g/mol. The summed E-state index contributed by atoms with van der Waals surface area (Å²) in [5.41, 5.74) is 1.80. The van der Waals surface area contributed by atoms with Gasteiger partial charge in [-0.15, -0.1) is 0 Å². The Kier molecular flexibility index (Phi) is 5.44. The van der Waals surface area contributed by atoms with Gasteiger partial charge in [-0.3, -0.25) is 14.4 Å². The van der Waals surface area contributed by atoms with Gasteiger partial charge in [-0.1, -0.05) is 12.1 Å². The van der Waals surface area contributed by atoms with Crippen molar-refractivity contribution < 1.29 is 28.3 Å². The molecule has 1 aromatic heterocycles. The molecule has 0 fully saturated rings. The van der Waals surface area contributed by atoms with Gasteiger partial charge in [0.1, 0.15) is 17.4 Å². The van der Waals surface area contributed by atoms with Crippen LogP contribution < -0.4 is 10.1 Å². The fourth-order valence-corrected chi connectivity index (χ4v) is 4.37. The molecule has 30 heavy (non-hydrogen) atoms. The minimum atomic E-state index is -1.02. The van der Waals surface area contributed by atoms with E-state index in [1.807, 2.05) is 18.2 Å². The summed E-state index contributed by atoms with van der Waals surface area (Å²) in [7, 11) is 1.56. The minimum Gasteiger partial charge on any atom is -0.497 e. The van der Waals surface area contributed by atoms with E-state index in [9.17, 15) is 14.4 Å². The van der Waals surface area contributed by atoms with Crippen molar-refractivity contribution in [3.8, 4) is 5.75 Å². The molecule has 0 saturated heterocycles. The number of Topliss-reactive ketones (excluding diaryl/α,β-unsaturated/α-hetero) is 1. The van der Waals surface area contributed by atoms with Crippen molar-refractivity contribution in [3.63, 3.8) is 0 Å². The quantitative estimate of drug-likeness (QED) is 0.602. The lowest BCUT2D eigenvalue weighted by Crippen LogP contribution is -2.44. The van der Waals surface area contributed by atoms with Gasteiger partial charge in [0.15, 0.2) is 5.78 Å². The number of furan rings is 1. The number of carbonyl (C=O) groups excluding carboxylic acids is 3. The summed E-state index contributed by atoms with van der Waals surface area (Å²) in [6.07, 6.45) is 1.94. The molecule has 7 nitrogen and oxygen atoms in total. The molecule has 0 spiro atoms. The summed E-state index contributed by atoms with van der Waals surface area (Å²) in [5, 5.41) is 2.86. The average Bonchev–Trinajstić information content (AvgIpc) is 3.27. The Labute approximate surface area is 174 Å². The molecule has 3 atom stereocenters. The Bertz CT molecular complexity index is 1010. The van der Waals surface area contributed by atoms with Crippen LogP contribution in [0.25, 0.3) is 0 Å². The van der Waals surface area contributed by atoms with Crippen LogP contribution in [0.2, 0.25) is 0 Å². The second-order valence-corrected chi connectivity index (χ2v) is 7.39. The first-order chi connectivity index (χ1) is 14.5. The number of methoxy groups -OCH3 is 1. The lowest BCUT2D eigenvalue weighted by atomic mass is 9.69. The third kappa shape index (κ3) is 3.51. The maximum Gasteiger partial charge on any atom is 0.317 e. The van der Waals surface area contributed by atoms with Crippen LogP contribution in [0.15, 0.2) is 58.3 Å². The number of allylic oxidation sites excluding steroid dienone is 2. The second kappa shape index (κ2) is 8.18. The van der Waals surface area contributed by atoms with E-state index in [2.05, 4.69) is 5.32 Å². The van der Waals surface area contributed by atoms with E-state index in [1.165, 1.54) is 6.26 Å². The van der Waals surface area contributed by atoms with Crippen LogP contribution >= 0.6 is 0 Å². The van der Waals surface area contributed by atoms with Crippen molar-refractivity contribution in [1.29, 1.82) is 0 Å². The summed E-state index contributed by atoms with van der Waals surface area (Å²) in [6, 6.07) is 10.8. The molecule has 1 N–H and O–H groups in total. The molecule has 0 saturated carbocycles. The van der Waals surface area contributed by atoms with Gasteiger partial charge < -0.3 is 19.2 Å². The molecule has 1 aliphatic carbocycles. The molecular weight excluding hydrogens is 386 g/mol. The van der Waals surface area contributed by atoms with Crippen LogP contribution in [0.4, 0.5) is 0 Å². The molecule has 1 aromatic carbocycles. The number of ether oxygens (including phenoxy) is 2. The third-order valence-corrected chi connectivity index (χ3v) is 5.67. The molecule has 0 radical (unpaired) electrons. The first-order valence-corrected chi connectivity index (χ1v) is 9.94. The molecule has 7 heteroatoms. The number of hydrogen-bond acceptors (Lipinski definition) is 6. The Morgan fingerprint density at radius 3 is 2.73 bits per heavy atom. The Morgan fingerprint density at radius 1 is 1.20 bits per heavy atom. The number of amides is 1. The van der Waals surface area contributed by atoms with Gasteiger partial charge in [0.05, 0.1) is 20.0 Å². The Balaban J connectivity index is 1.81. The fraction of sp³-hybridized carbons (Fsp3) is 0.348. The molecule has 4 rings (SSSR count). The summed E-state index contributed by atoms with van der Waals surface area (Å²) in [6.45, 7) is 1.88. The molecule has 0 bridgehead atoms. The van der Waals surface area contributed by atoms with Crippen molar-refractivity contribution in [2.24, 2.45) is 5.92 Å². The highest BCUT2D eigenvalue weighted by Crippen LogP contribution is 2.46. The Morgan fingerprint density at radius 2 is 2.03 bits per heavy atom. The predicted octanol–water partition coefficient (Wildman–Crippen LogP) is 3.08. The van der Waals surface area contributed by atoms with Crippen molar-refractivity contribution in [2.75, 3.05) is 13.7 Å². The van der Waals surface area contributed by atoms with Crippen LogP contribution in [0, 0.1) is 5.92 Å². The molecule has 2 heterocycles. The highest BCUT2D eigenvalue weighted by atomic mass is 16.5. The number of hydrogen-bond donors (Lipinski definition) is 1. The zero-order chi connectivity index (χ0) is 21.3. The maximum atomic E-state index is 13.6. The van der Waals surface area contributed by atoms with E-state index in [4.69, 9.17) is 13.9 Å². The molecule has 1 amide bonds. The lowest BCUT2D eigenvalue weighted by molar-refractivity contribution is -0.152. The second-order valence-electron chi connectivity index (χ2n) is 7.39. The van der Waals surface area contributed by atoms with Crippen LogP contribution in [0.1, 0.15) is 42.9 Å². The van der Waals surface area contributed by atoms with E-state index in [-0.39, 0.29) is 24.7 Å². The standard InChI is InChI=1S/C23H23NO6/c1-3-29-23(27)21-16(18-8-5-9-30-18)11-17-20(22(21)26)15(12-19(25)24-17)13-6-4-7-14(10-13)28-2/h4-10,15-16,21H,3,11-12H2,1-2H3,(H,24,25)/t15-,16-,21-/m1/s1. The zero-order valence-electron chi connectivity index (χ0n) is 16.8. The number of rotatable bonds is 5. The topological polar surface area (TPSA) is 94.8 Å². The normalized spacial score (nSPS) is 23.6. The first-order valence-electron chi connectivity index (χ1n) is 9.94. The van der Waals surface area contributed by atoms with Gasteiger partial charge in [0.25, 0.3) is 0 Å². The van der Waals surface area contributed by atoms with Gasteiger partial charge in [-0.2, -0.15) is 0 Å². The van der Waals surface area contributed by atoms with E-state index < -0.39 is 23.7 Å². The third-order valence-electron chi connectivity index (χ3n) is 5.67.